The number of hydrogen-bond acceptors (Lipinski definition) is 5. The van der Waals surface area contributed by atoms with Crippen LogP contribution in [0.15, 0.2) is 48.5 Å². The normalized spacial score (nSPS) is 12.7. The Balaban J connectivity index is 1.65. The minimum Gasteiger partial charge on any atom is -0.481 e. The van der Waals surface area contributed by atoms with Crippen molar-refractivity contribution in [3.8, 4) is 17.2 Å². The van der Waals surface area contributed by atoms with E-state index in [0.717, 1.165) is 22.3 Å². The van der Waals surface area contributed by atoms with E-state index in [9.17, 15) is 14.4 Å². The number of nitriles is 1. The quantitative estimate of drug-likeness (QED) is 0.440. The zero-order valence-corrected chi connectivity index (χ0v) is 19.9. The van der Waals surface area contributed by atoms with Gasteiger partial charge in [-0.15, -0.1) is 0 Å². The number of rotatable bonds is 12. The largest absolute Gasteiger partial charge is 0.481 e. The molecule has 2 amide bonds. The van der Waals surface area contributed by atoms with E-state index in [4.69, 9.17) is 15.1 Å². The smallest absolute Gasteiger partial charge is 0.407 e. The molecule has 0 heterocycles. The lowest BCUT2D eigenvalue weighted by Gasteiger charge is -2.27. The van der Waals surface area contributed by atoms with Crippen molar-refractivity contribution in [2.24, 2.45) is 0 Å². The van der Waals surface area contributed by atoms with Crippen LogP contribution in [0.1, 0.15) is 56.1 Å². The number of hydrogen-bond donors (Lipinski definition) is 2. The molecule has 1 atom stereocenters. The summed E-state index contributed by atoms with van der Waals surface area (Å²) >= 11 is 0. The number of fused-ring (bicyclic) bond motifs is 3. The second-order valence-electron chi connectivity index (χ2n) is 8.49. The summed E-state index contributed by atoms with van der Waals surface area (Å²) in [4.78, 5) is 38.2. The van der Waals surface area contributed by atoms with Crippen LogP contribution >= 0.6 is 0 Å². The molecular weight excluding hydrogens is 446 g/mol. The van der Waals surface area contributed by atoms with E-state index in [1.165, 1.54) is 4.90 Å². The second-order valence-corrected chi connectivity index (χ2v) is 8.49. The molecule has 1 unspecified atom stereocenters. The van der Waals surface area contributed by atoms with Gasteiger partial charge in [-0.2, -0.15) is 5.26 Å². The molecule has 0 aromatic heterocycles. The Labute approximate surface area is 205 Å². The molecular formula is C27H31N3O5. The molecule has 2 aromatic carbocycles. The monoisotopic (exact) mass is 477 g/mol. The number of aliphatic carboxylic acids is 1. The van der Waals surface area contributed by atoms with Crippen molar-refractivity contribution >= 4 is 18.0 Å². The number of carbonyl (C=O) groups excluding carboxylic acids is 2. The maximum absolute atomic E-state index is 13.1. The van der Waals surface area contributed by atoms with Crippen LogP contribution in [-0.2, 0) is 14.3 Å². The summed E-state index contributed by atoms with van der Waals surface area (Å²) in [7, 11) is 0. The highest BCUT2D eigenvalue weighted by Gasteiger charge is 2.30. The molecule has 0 radical (unpaired) electrons. The standard InChI is InChI=1S/C27H31N3O5/c1-2-30(17-9-15-25(31)32)26(33)24(14-7-8-16-28)29-27(34)35-18-23-21-12-5-3-10-19(21)20-11-4-6-13-22(20)23/h3-6,10-13,23-24H,2,7-9,14-15,17-18H2,1H3,(H,29,34)(H,31,32). The van der Waals surface area contributed by atoms with Crippen LogP contribution in [0, 0.1) is 11.3 Å². The molecule has 0 aliphatic heterocycles. The average molecular weight is 478 g/mol. The molecule has 8 nitrogen and oxygen atoms in total. The van der Waals surface area contributed by atoms with Gasteiger partial charge in [-0.1, -0.05) is 48.5 Å². The minimum absolute atomic E-state index is 0.0390. The molecule has 184 valence electrons. The molecule has 1 aliphatic carbocycles. The van der Waals surface area contributed by atoms with E-state index in [2.05, 4.69) is 23.5 Å². The zero-order chi connectivity index (χ0) is 25.2. The van der Waals surface area contributed by atoms with Gasteiger partial charge in [-0.25, -0.2) is 4.79 Å². The lowest BCUT2D eigenvalue weighted by molar-refractivity contribution is -0.138. The number of nitrogens with one attached hydrogen (secondary N) is 1. The molecule has 1 aliphatic rings. The van der Waals surface area contributed by atoms with Crippen LogP contribution in [0.5, 0.6) is 0 Å². The van der Waals surface area contributed by atoms with Gasteiger partial charge >= 0.3 is 12.1 Å². The number of carbonyl (C=O) groups is 3. The first kappa shape index (κ1) is 25.8. The number of carboxylic acids is 1. The van der Waals surface area contributed by atoms with Crippen LogP contribution in [0.25, 0.3) is 11.1 Å². The lowest BCUT2D eigenvalue weighted by atomic mass is 9.98. The van der Waals surface area contributed by atoms with Crippen molar-refractivity contribution in [3.05, 3.63) is 59.7 Å². The van der Waals surface area contributed by atoms with E-state index in [1.54, 1.807) is 6.92 Å². The van der Waals surface area contributed by atoms with Gasteiger partial charge in [-0.3, -0.25) is 9.59 Å². The first-order valence-electron chi connectivity index (χ1n) is 11.9. The maximum atomic E-state index is 13.1. The third-order valence-electron chi connectivity index (χ3n) is 6.23. The van der Waals surface area contributed by atoms with Gasteiger partial charge in [-0.05, 0) is 48.4 Å². The summed E-state index contributed by atoms with van der Waals surface area (Å²) in [6, 6.07) is 17.3. The Morgan fingerprint density at radius 3 is 2.29 bits per heavy atom. The molecule has 0 bridgehead atoms. The van der Waals surface area contributed by atoms with E-state index >= 15 is 0 Å². The third kappa shape index (κ3) is 6.60. The lowest BCUT2D eigenvalue weighted by Crippen LogP contribution is -2.49. The van der Waals surface area contributed by atoms with E-state index in [-0.39, 0.29) is 37.8 Å². The van der Waals surface area contributed by atoms with Gasteiger partial charge in [0.1, 0.15) is 12.6 Å². The van der Waals surface area contributed by atoms with Gasteiger partial charge < -0.3 is 20.1 Å². The van der Waals surface area contributed by atoms with E-state index < -0.39 is 18.1 Å². The third-order valence-corrected chi connectivity index (χ3v) is 6.23. The van der Waals surface area contributed by atoms with Crippen LogP contribution in [-0.4, -0.2) is 53.7 Å². The highest BCUT2D eigenvalue weighted by atomic mass is 16.5. The van der Waals surface area contributed by atoms with Crippen LogP contribution in [0.4, 0.5) is 4.79 Å². The summed E-state index contributed by atoms with van der Waals surface area (Å²) in [5.41, 5.74) is 4.45. The van der Waals surface area contributed by atoms with Crippen molar-refractivity contribution in [2.45, 2.75) is 51.0 Å². The van der Waals surface area contributed by atoms with E-state index in [0.29, 0.717) is 25.8 Å². The van der Waals surface area contributed by atoms with Crippen molar-refractivity contribution < 1.29 is 24.2 Å². The molecule has 8 heteroatoms. The number of likely N-dealkylation sites (N-methyl/N-ethyl adjacent to an activating group) is 1. The van der Waals surface area contributed by atoms with Crippen LogP contribution in [0.2, 0.25) is 0 Å². The molecule has 2 aromatic rings. The Hall–Kier alpha value is -3.86. The van der Waals surface area contributed by atoms with Crippen LogP contribution < -0.4 is 5.32 Å². The zero-order valence-electron chi connectivity index (χ0n) is 19.9. The Kier molecular flexibility index (Phi) is 9.24. The number of carboxylic acid groups (broad SMARTS) is 1. The fourth-order valence-corrected chi connectivity index (χ4v) is 4.49. The van der Waals surface area contributed by atoms with Crippen LogP contribution in [0.3, 0.4) is 0 Å². The number of unbranched alkanes of at least 4 members (excludes halogenated alkanes) is 1. The molecule has 0 fully saturated rings. The van der Waals surface area contributed by atoms with Gasteiger partial charge in [0.2, 0.25) is 5.91 Å². The predicted octanol–water partition coefficient (Wildman–Crippen LogP) is 4.30. The van der Waals surface area contributed by atoms with Crippen molar-refractivity contribution in [1.29, 1.82) is 5.26 Å². The first-order chi connectivity index (χ1) is 17.0. The summed E-state index contributed by atoms with van der Waals surface area (Å²) in [5, 5.41) is 20.4. The number of ether oxygens (including phenoxy) is 1. The fraction of sp³-hybridized carbons (Fsp3) is 0.407. The van der Waals surface area contributed by atoms with Gasteiger partial charge in [0.15, 0.2) is 0 Å². The molecule has 2 N–H and O–H groups in total. The number of amides is 2. The number of alkyl carbamates (subject to hydrolysis) is 1. The Morgan fingerprint density at radius 1 is 1.09 bits per heavy atom. The van der Waals surface area contributed by atoms with Crippen molar-refractivity contribution in [1.82, 2.24) is 10.2 Å². The number of benzene rings is 2. The highest BCUT2D eigenvalue weighted by Crippen LogP contribution is 2.44. The van der Waals surface area contributed by atoms with Crippen molar-refractivity contribution in [3.63, 3.8) is 0 Å². The topological polar surface area (TPSA) is 120 Å². The molecule has 35 heavy (non-hydrogen) atoms. The van der Waals surface area contributed by atoms with Gasteiger partial charge in [0.05, 0.1) is 6.07 Å². The SMILES string of the molecule is CCN(CCCC(=O)O)C(=O)C(CCCC#N)NC(=O)OCC1c2ccccc2-c2ccccc21. The molecule has 0 saturated carbocycles. The molecule has 3 rings (SSSR count). The Bertz CT molecular complexity index is 1050. The van der Waals surface area contributed by atoms with E-state index in [1.807, 2.05) is 36.4 Å². The first-order valence-corrected chi connectivity index (χ1v) is 11.9. The van der Waals surface area contributed by atoms with Gasteiger partial charge in [0, 0.05) is 31.8 Å². The molecule has 0 saturated heterocycles. The Morgan fingerprint density at radius 2 is 1.71 bits per heavy atom. The predicted molar refractivity (Wildman–Crippen MR) is 131 cm³/mol. The minimum atomic E-state index is -0.921. The summed E-state index contributed by atoms with van der Waals surface area (Å²) < 4.78 is 5.59. The highest BCUT2D eigenvalue weighted by molar-refractivity contribution is 5.86. The maximum Gasteiger partial charge on any atom is 0.407 e. The average Bonchev–Trinajstić information content (AvgIpc) is 3.18. The molecule has 0 spiro atoms. The fourth-order valence-electron chi connectivity index (χ4n) is 4.49. The van der Waals surface area contributed by atoms with Crippen molar-refractivity contribution in [2.75, 3.05) is 19.7 Å². The van der Waals surface area contributed by atoms with Gasteiger partial charge in [0.25, 0.3) is 0 Å². The summed E-state index contributed by atoms with van der Waals surface area (Å²) in [6.45, 7) is 2.61. The second kappa shape index (κ2) is 12.6. The summed E-state index contributed by atoms with van der Waals surface area (Å²) in [5.74, 6) is -1.32. The summed E-state index contributed by atoms with van der Waals surface area (Å²) in [6.07, 6.45) is 0.605. The number of nitrogens with zero attached hydrogens (tertiary/aromatic N) is 2.